The Morgan fingerprint density at radius 3 is 2.53 bits per heavy atom. The lowest BCUT2D eigenvalue weighted by Gasteiger charge is -2.27. The van der Waals surface area contributed by atoms with Crippen LogP contribution in [0.5, 0.6) is 0 Å². The summed E-state index contributed by atoms with van der Waals surface area (Å²) in [5.74, 6) is -0.534. The minimum absolute atomic E-state index is 0.180. The number of amides is 2. The smallest absolute Gasteiger partial charge is 0.287 e. The third kappa shape index (κ3) is 3.43. The van der Waals surface area contributed by atoms with E-state index in [9.17, 15) is 9.59 Å². The molecule has 2 aromatic rings. The minimum atomic E-state index is -0.354. The van der Waals surface area contributed by atoms with Crippen LogP contribution in [0.1, 0.15) is 11.1 Å². The van der Waals surface area contributed by atoms with E-state index in [4.69, 9.17) is 16.3 Å². The number of rotatable bonds is 2. The van der Waals surface area contributed by atoms with Gasteiger partial charge in [-0.15, -0.1) is 0 Å². The average Bonchev–Trinajstić information content (AvgIpc) is 3.28. The van der Waals surface area contributed by atoms with E-state index >= 15 is 0 Å². The zero-order valence-corrected chi connectivity index (χ0v) is 17.6. The number of nitrogens with zero attached hydrogens (tertiary/aromatic N) is 3. The number of halogens is 1. The Bertz CT molecular complexity index is 1090. The van der Waals surface area contributed by atoms with Crippen LogP contribution in [0.15, 0.2) is 58.4 Å². The van der Waals surface area contributed by atoms with Crippen molar-refractivity contribution in [2.24, 2.45) is 4.99 Å². The maximum atomic E-state index is 13.4. The highest BCUT2D eigenvalue weighted by Crippen LogP contribution is 2.44. The van der Waals surface area contributed by atoms with Crippen molar-refractivity contribution in [2.75, 3.05) is 31.2 Å². The van der Waals surface area contributed by atoms with Gasteiger partial charge in [0.25, 0.3) is 11.8 Å². The maximum Gasteiger partial charge on any atom is 0.287 e. The molecule has 1 fully saturated rings. The average molecular weight is 440 g/mol. The first-order valence-electron chi connectivity index (χ1n) is 9.65. The van der Waals surface area contributed by atoms with E-state index in [0.717, 1.165) is 16.8 Å². The lowest BCUT2D eigenvalue weighted by atomic mass is 10.1. The standard InChI is InChI=1S/C22H18ClN3O3S/c23-15-7-5-14(6-8-15)13-26-17-4-2-1-3-16(17)18(21(26)28)19-20(27)24-22(30-19)25-9-11-29-12-10-25/h1-8H,9-13H2/b19-18-. The van der Waals surface area contributed by atoms with E-state index in [-0.39, 0.29) is 11.8 Å². The van der Waals surface area contributed by atoms with Crippen LogP contribution in [0.4, 0.5) is 5.69 Å². The lowest BCUT2D eigenvalue weighted by molar-refractivity contribution is -0.115. The molecule has 2 aromatic carbocycles. The van der Waals surface area contributed by atoms with Gasteiger partial charge in [-0.2, -0.15) is 4.99 Å². The number of benzene rings is 2. The SMILES string of the molecule is O=C1N=C(N2CCOCC2)S/C1=C1\C(=O)N(Cc2ccc(Cl)cc2)c2ccccc21. The normalized spacial score (nSPS) is 21.3. The second-order valence-electron chi connectivity index (χ2n) is 7.14. The number of para-hydroxylation sites is 1. The van der Waals surface area contributed by atoms with Crippen LogP contribution in [-0.2, 0) is 20.9 Å². The number of morpholine rings is 1. The summed E-state index contributed by atoms with van der Waals surface area (Å²) in [7, 11) is 0. The van der Waals surface area contributed by atoms with Gasteiger partial charge in [-0.25, -0.2) is 0 Å². The number of ether oxygens (including phenoxy) is 1. The van der Waals surface area contributed by atoms with Gasteiger partial charge in [-0.3, -0.25) is 9.59 Å². The molecular weight excluding hydrogens is 422 g/mol. The van der Waals surface area contributed by atoms with Crippen LogP contribution in [0.3, 0.4) is 0 Å². The van der Waals surface area contributed by atoms with Gasteiger partial charge in [-0.05, 0) is 35.5 Å². The number of amidine groups is 1. The van der Waals surface area contributed by atoms with Crippen molar-refractivity contribution in [1.82, 2.24) is 4.90 Å². The molecule has 30 heavy (non-hydrogen) atoms. The Morgan fingerprint density at radius 2 is 1.77 bits per heavy atom. The Morgan fingerprint density at radius 1 is 1.03 bits per heavy atom. The maximum absolute atomic E-state index is 13.4. The van der Waals surface area contributed by atoms with Gasteiger partial charge in [0, 0.05) is 23.7 Å². The molecule has 152 valence electrons. The zero-order chi connectivity index (χ0) is 20.7. The van der Waals surface area contributed by atoms with Gasteiger partial charge in [0.2, 0.25) is 0 Å². The van der Waals surface area contributed by atoms with E-state index in [0.29, 0.717) is 53.5 Å². The van der Waals surface area contributed by atoms with Gasteiger partial charge in [0.1, 0.15) is 0 Å². The molecule has 0 spiro atoms. The molecule has 0 saturated carbocycles. The van der Waals surface area contributed by atoms with Gasteiger partial charge in [-0.1, -0.05) is 41.9 Å². The van der Waals surface area contributed by atoms with Crippen LogP contribution in [-0.4, -0.2) is 48.2 Å². The predicted molar refractivity (Wildman–Crippen MR) is 118 cm³/mol. The zero-order valence-electron chi connectivity index (χ0n) is 16.0. The van der Waals surface area contributed by atoms with Crippen LogP contribution in [0, 0.1) is 0 Å². The topological polar surface area (TPSA) is 62.2 Å². The van der Waals surface area contributed by atoms with Crippen molar-refractivity contribution >= 4 is 51.6 Å². The third-order valence-corrected chi connectivity index (χ3v) is 6.64. The second kappa shape index (κ2) is 7.91. The number of anilines is 1. The quantitative estimate of drug-likeness (QED) is 0.669. The Kier molecular flexibility index (Phi) is 5.10. The molecule has 0 unspecified atom stereocenters. The molecule has 0 aromatic heterocycles. The van der Waals surface area contributed by atoms with Crippen LogP contribution >= 0.6 is 23.4 Å². The fourth-order valence-corrected chi connectivity index (χ4v) is 4.95. The summed E-state index contributed by atoms with van der Waals surface area (Å²) in [4.78, 5) is 34.6. The molecular formula is C22H18ClN3O3S. The number of fused-ring (bicyclic) bond motifs is 1. The molecule has 3 heterocycles. The first-order valence-corrected chi connectivity index (χ1v) is 10.8. The van der Waals surface area contributed by atoms with Gasteiger partial charge in [0.05, 0.1) is 35.9 Å². The Balaban J connectivity index is 1.49. The number of carbonyl (C=O) groups is 2. The van der Waals surface area contributed by atoms with E-state index in [2.05, 4.69) is 4.99 Å². The van der Waals surface area contributed by atoms with Crippen LogP contribution in [0.25, 0.3) is 5.57 Å². The fraction of sp³-hybridized carbons (Fsp3) is 0.227. The van der Waals surface area contributed by atoms with E-state index in [1.807, 2.05) is 53.4 Å². The van der Waals surface area contributed by atoms with Crippen molar-refractivity contribution in [3.63, 3.8) is 0 Å². The molecule has 0 N–H and O–H groups in total. The van der Waals surface area contributed by atoms with Crippen molar-refractivity contribution in [3.8, 4) is 0 Å². The Hall–Kier alpha value is -2.61. The molecule has 2 amide bonds. The monoisotopic (exact) mass is 439 g/mol. The highest BCUT2D eigenvalue weighted by atomic mass is 35.5. The summed E-state index contributed by atoms with van der Waals surface area (Å²) in [5.41, 5.74) is 2.96. The summed E-state index contributed by atoms with van der Waals surface area (Å²) >= 11 is 7.27. The number of hydrogen-bond donors (Lipinski definition) is 0. The number of aliphatic imine (C=N–C) groups is 1. The molecule has 3 aliphatic heterocycles. The molecule has 8 heteroatoms. The fourth-order valence-electron chi connectivity index (χ4n) is 3.77. The molecule has 5 rings (SSSR count). The molecule has 0 radical (unpaired) electrons. The van der Waals surface area contributed by atoms with Crippen LogP contribution in [0.2, 0.25) is 5.02 Å². The summed E-state index contributed by atoms with van der Waals surface area (Å²) in [6, 6.07) is 15.0. The van der Waals surface area contributed by atoms with E-state index in [1.54, 1.807) is 4.90 Å². The molecule has 0 atom stereocenters. The van der Waals surface area contributed by atoms with Crippen molar-refractivity contribution in [3.05, 3.63) is 69.6 Å². The minimum Gasteiger partial charge on any atom is -0.378 e. The summed E-state index contributed by atoms with van der Waals surface area (Å²) in [5, 5.41) is 1.29. The van der Waals surface area contributed by atoms with Crippen LogP contribution < -0.4 is 4.90 Å². The highest BCUT2D eigenvalue weighted by Gasteiger charge is 2.39. The second-order valence-corrected chi connectivity index (χ2v) is 8.55. The van der Waals surface area contributed by atoms with E-state index < -0.39 is 0 Å². The summed E-state index contributed by atoms with van der Waals surface area (Å²) in [6.07, 6.45) is 0. The molecule has 1 saturated heterocycles. The molecule has 0 aliphatic carbocycles. The number of hydrogen-bond acceptors (Lipinski definition) is 5. The summed E-state index contributed by atoms with van der Waals surface area (Å²) in [6.45, 7) is 3.00. The first kappa shape index (κ1) is 19.4. The van der Waals surface area contributed by atoms with Gasteiger partial charge >= 0.3 is 0 Å². The van der Waals surface area contributed by atoms with Crippen molar-refractivity contribution < 1.29 is 14.3 Å². The van der Waals surface area contributed by atoms with E-state index in [1.165, 1.54) is 11.8 Å². The number of carbonyl (C=O) groups excluding carboxylic acids is 2. The third-order valence-electron chi connectivity index (χ3n) is 5.27. The lowest BCUT2D eigenvalue weighted by Crippen LogP contribution is -2.38. The first-order chi connectivity index (χ1) is 14.6. The Labute approximate surface area is 183 Å². The molecule has 3 aliphatic rings. The van der Waals surface area contributed by atoms with Crippen molar-refractivity contribution in [2.45, 2.75) is 6.54 Å². The largest absolute Gasteiger partial charge is 0.378 e. The van der Waals surface area contributed by atoms with Gasteiger partial charge in [0.15, 0.2) is 5.17 Å². The summed E-state index contributed by atoms with van der Waals surface area (Å²) < 4.78 is 5.38. The predicted octanol–water partition coefficient (Wildman–Crippen LogP) is 3.56. The number of thioether (sulfide) groups is 1. The molecule has 6 nitrogen and oxygen atoms in total. The van der Waals surface area contributed by atoms with Gasteiger partial charge < -0.3 is 14.5 Å². The molecule has 0 bridgehead atoms. The highest BCUT2D eigenvalue weighted by molar-refractivity contribution is 8.18. The van der Waals surface area contributed by atoms with Crippen molar-refractivity contribution in [1.29, 1.82) is 0 Å².